The summed E-state index contributed by atoms with van der Waals surface area (Å²) in [4.78, 5) is 10.2. The highest BCUT2D eigenvalue weighted by Gasteiger charge is 2.31. The van der Waals surface area contributed by atoms with Crippen LogP contribution in [0, 0.1) is 16.2 Å². The van der Waals surface area contributed by atoms with Gasteiger partial charge in [0, 0.05) is 17.2 Å². The quantitative estimate of drug-likeness (QED) is 0.458. The molecule has 8 heteroatoms. The van der Waals surface area contributed by atoms with E-state index in [1.807, 2.05) is 0 Å². The first kappa shape index (κ1) is 17.3. The second-order valence-corrected chi connectivity index (χ2v) is 4.53. The number of alkyl halides is 3. The fraction of sp³-hybridized carbons (Fsp3) is 0.125. The second kappa shape index (κ2) is 7.03. The molecule has 0 aliphatic carbocycles. The third-order valence-corrected chi connectivity index (χ3v) is 2.95. The van der Waals surface area contributed by atoms with Crippen LogP contribution in [0.2, 0.25) is 0 Å². The van der Waals surface area contributed by atoms with Crippen molar-refractivity contribution in [1.82, 2.24) is 0 Å². The zero-order valence-corrected chi connectivity index (χ0v) is 12.3. The van der Waals surface area contributed by atoms with E-state index in [-0.39, 0.29) is 22.7 Å². The second-order valence-electron chi connectivity index (χ2n) is 4.53. The number of nitro groups is 1. The van der Waals surface area contributed by atoms with Gasteiger partial charge in [-0.1, -0.05) is 18.2 Å². The minimum absolute atomic E-state index is 0.148. The van der Waals surface area contributed by atoms with Crippen molar-refractivity contribution in [3.8, 4) is 11.5 Å². The van der Waals surface area contributed by atoms with E-state index in [0.717, 1.165) is 6.07 Å². The van der Waals surface area contributed by atoms with Crippen LogP contribution in [0.25, 0.3) is 12.2 Å². The zero-order chi connectivity index (χ0) is 17.7. The van der Waals surface area contributed by atoms with Gasteiger partial charge >= 0.3 is 6.36 Å². The van der Waals surface area contributed by atoms with Crippen molar-refractivity contribution in [3.63, 3.8) is 0 Å². The van der Waals surface area contributed by atoms with Crippen molar-refractivity contribution in [2.75, 3.05) is 7.11 Å². The Balaban J connectivity index is 2.33. The van der Waals surface area contributed by atoms with Crippen molar-refractivity contribution < 1.29 is 27.6 Å². The molecule has 125 valence electrons. The Bertz CT molecular complexity index is 772. The van der Waals surface area contributed by atoms with Crippen LogP contribution in [0.4, 0.5) is 18.9 Å². The summed E-state index contributed by atoms with van der Waals surface area (Å²) < 4.78 is 46.1. The molecule has 5 nitrogen and oxygen atoms in total. The van der Waals surface area contributed by atoms with Crippen LogP contribution in [0.15, 0.2) is 36.4 Å². The van der Waals surface area contributed by atoms with Gasteiger partial charge in [0.05, 0.1) is 18.1 Å². The summed E-state index contributed by atoms with van der Waals surface area (Å²) in [5, 5.41) is 10.7. The number of ether oxygens (including phenoxy) is 2. The minimum atomic E-state index is -4.81. The molecule has 0 aliphatic rings. The Morgan fingerprint density at radius 3 is 2.50 bits per heavy atom. The SMILES string of the molecule is COc1cc([N+](=O)[O-])ccc1/C=C/c1c[c]ccc1OC(F)(F)F. The first-order chi connectivity index (χ1) is 11.3. The van der Waals surface area contributed by atoms with Gasteiger partial charge in [0.15, 0.2) is 0 Å². The van der Waals surface area contributed by atoms with Crippen molar-refractivity contribution in [2.24, 2.45) is 0 Å². The minimum Gasteiger partial charge on any atom is -0.496 e. The highest BCUT2D eigenvalue weighted by molar-refractivity contribution is 5.75. The highest BCUT2D eigenvalue weighted by atomic mass is 19.4. The molecule has 0 aliphatic heterocycles. The molecule has 0 N–H and O–H groups in total. The third kappa shape index (κ3) is 4.48. The van der Waals surface area contributed by atoms with Gasteiger partial charge in [0.1, 0.15) is 11.5 Å². The monoisotopic (exact) mass is 338 g/mol. The predicted molar refractivity (Wildman–Crippen MR) is 80.5 cm³/mol. The lowest BCUT2D eigenvalue weighted by atomic mass is 10.1. The predicted octanol–water partition coefficient (Wildman–Crippen LogP) is 4.47. The molecule has 2 aromatic carbocycles. The van der Waals surface area contributed by atoms with Gasteiger partial charge in [-0.3, -0.25) is 10.1 Å². The van der Waals surface area contributed by atoms with E-state index in [9.17, 15) is 23.3 Å². The number of methoxy groups -OCH3 is 1. The number of hydrogen-bond donors (Lipinski definition) is 0. The van der Waals surface area contributed by atoms with Gasteiger partial charge in [-0.15, -0.1) is 13.2 Å². The van der Waals surface area contributed by atoms with Gasteiger partial charge in [-0.05, 0) is 24.3 Å². The smallest absolute Gasteiger partial charge is 0.496 e. The van der Waals surface area contributed by atoms with Gasteiger partial charge < -0.3 is 9.47 Å². The molecule has 0 fully saturated rings. The van der Waals surface area contributed by atoms with Crippen LogP contribution < -0.4 is 9.47 Å². The number of non-ortho nitro benzene ring substituents is 1. The van der Waals surface area contributed by atoms with E-state index in [1.54, 1.807) is 0 Å². The molecule has 0 unspecified atom stereocenters. The summed E-state index contributed by atoms with van der Waals surface area (Å²) in [7, 11) is 1.34. The average Bonchev–Trinajstić information content (AvgIpc) is 2.52. The van der Waals surface area contributed by atoms with Crippen LogP contribution in [-0.4, -0.2) is 18.4 Å². The van der Waals surface area contributed by atoms with E-state index in [1.165, 1.54) is 49.6 Å². The summed E-state index contributed by atoms with van der Waals surface area (Å²) in [6.45, 7) is 0. The lowest BCUT2D eigenvalue weighted by molar-refractivity contribution is -0.384. The molecule has 24 heavy (non-hydrogen) atoms. The van der Waals surface area contributed by atoms with Gasteiger partial charge in [0.25, 0.3) is 5.69 Å². The Morgan fingerprint density at radius 2 is 1.88 bits per heavy atom. The number of nitrogens with zero attached hydrogens (tertiary/aromatic N) is 1. The van der Waals surface area contributed by atoms with Crippen molar-refractivity contribution in [1.29, 1.82) is 0 Å². The van der Waals surface area contributed by atoms with Crippen LogP contribution in [0.5, 0.6) is 11.5 Å². The molecule has 0 bridgehead atoms. The molecule has 0 aromatic heterocycles. The largest absolute Gasteiger partial charge is 0.573 e. The first-order valence-electron chi connectivity index (χ1n) is 6.56. The summed E-state index contributed by atoms with van der Waals surface area (Å²) in [6.07, 6.45) is -1.97. The molecule has 0 heterocycles. The maximum atomic E-state index is 12.4. The van der Waals surface area contributed by atoms with Crippen LogP contribution in [0.3, 0.4) is 0 Å². The first-order valence-corrected chi connectivity index (χ1v) is 6.56. The van der Waals surface area contributed by atoms with Crippen LogP contribution in [-0.2, 0) is 0 Å². The fourth-order valence-corrected chi connectivity index (χ4v) is 1.91. The van der Waals surface area contributed by atoms with Gasteiger partial charge in [-0.25, -0.2) is 0 Å². The maximum absolute atomic E-state index is 12.4. The summed E-state index contributed by atoms with van der Waals surface area (Å²) in [5.74, 6) is -0.156. The molecule has 0 atom stereocenters. The van der Waals surface area contributed by atoms with E-state index in [0.29, 0.717) is 5.56 Å². The summed E-state index contributed by atoms with van der Waals surface area (Å²) >= 11 is 0. The van der Waals surface area contributed by atoms with Gasteiger partial charge in [-0.2, -0.15) is 0 Å². The number of hydrogen-bond acceptors (Lipinski definition) is 4. The maximum Gasteiger partial charge on any atom is 0.573 e. The molecule has 2 aromatic rings. The fourth-order valence-electron chi connectivity index (χ4n) is 1.91. The standard InChI is InChI=1S/C16H11F3NO4/c1-23-15-10-13(20(21)22)9-8-12(15)7-6-11-4-2-3-5-14(11)24-16(17,18)19/h3-10H,1H3/b7-6+. The average molecular weight is 338 g/mol. The Labute approximate surface area is 135 Å². The Kier molecular flexibility index (Phi) is 5.08. The van der Waals surface area contributed by atoms with E-state index < -0.39 is 11.3 Å². The lowest BCUT2D eigenvalue weighted by Gasteiger charge is -2.11. The van der Waals surface area contributed by atoms with E-state index in [2.05, 4.69) is 10.8 Å². The molecule has 1 radical (unpaired) electrons. The van der Waals surface area contributed by atoms with Crippen LogP contribution >= 0.6 is 0 Å². The van der Waals surface area contributed by atoms with Crippen LogP contribution in [0.1, 0.15) is 11.1 Å². The topological polar surface area (TPSA) is 61.6 Å². The molecule has 0 spiro atoms. The molecule has 2 rings (SSSR count). The highest BCUT2D eigenvalue weighted by Crippen LogP contribution is 2.29. The third-order valence-electron chi connectivity index (χ3n) is 2.95. The molecular formula is C16H11F3NO4. The lowest BCUT2D eigenvalue weighted by Crippen LogP contribution is -2.17. The zero-order valence-electron chi connectivity index (χ0n) is 12.3. The van der Waals surface area contributed by atoms with E-state index >= 15 is 0 Å². The molecule has 0 saturated carbocycles. The number of rotatable bonds is 5. The summed E-state index contributed by atoms with van der Waals surface area (Å²) in [5.41, 5.74) is 0.457. The van der Waals surface area contributed by atoms with E-state index in [4.69, 9.17) is 4.74 Å². The Hall–Kier alpha value is -3.03. The van der Waals surface area contributed by atoms with Crippen molar-refractivity contribution >= 4 is 17.8 Å². The van der Waals surface area contributed by atoms with Gasteiger partial charge in [0.2, 0.25) is 0 Å². The molecule has 0 amide bonds. The molecule has 0 saturated heterocycles. The molecular weight excluding hydrogens is 327 g/mol. The number of benzene rings is 2. The normalized spacial score (nSPS) is 11.5. The number of halogens is 3. The summed E-state index contributed by atoms with van der Waals surface area (Å²) in [6, 6.07) is 10.4. The number of nitro benzene ring substituents is 1. The van der Waals surface area contributed by atoms with Crippen molar-refractivity contribution in [3.05, 3.63) is 63.7 Å². The Morgan fingerprint density at radius 1 is 1.17 bits per heavy atom. The van der Waals surface area contributed by atoms with Crippen molar-refractivity contribution in [2.45, 2.75) is 6.36 Å².